The number of anilines is 1. The second kappa shape index (κ2) is 9.19. The quantitative estimate of drug-likeness (QED) is 0.685. The normalized spacial score (nSPS) is 18.5. The van der Waals surface area contributed by atoms with Gasteiger partial charge in [0.25, 0.3) is 10.0 Å². The highest BCUT2D eigenvalue weighted by Gasteiger charge is 2.31. The first-order chi connectivity index (χ1) is 15.0. The lowest BCUT2D eigenvalue weighted by atomic mass is 10.1. The molecule has 8 nitrogen and oxygen atoms in total. The van der Waals surface area contributed by atoms with Gasteiger partial charge in [-0.2, -0.15) is 11.8 Å². The van der Waals surface area contributed by atoms with Gasteiger partial charge in [0.15, 0.2) is 11.5 Å². The van der Waals surface area contributed by atoms with Crippen molar-refractivity contribution in [3.05, 3.63) is 48.0 Å². The molecule has 1 atom stereocenters. The van der Waals surface area contributed by atoms with E-state index in [1.54, 1.807) is 48.2 Å². The van der Waals surface area contributed by atoms with Crippen LogP contribution in [0, 0.1) is 0 Å². The summed E-state index contributed by atoms with van der Waals surface area (Å²) in [4.78, 5) is 17.7. The Kier molecular flexibility index (Phi) is 6.38. The molecule has 0 aromatic heterocycles. The number of hydrogen-bond acceptors (Lipinski definition) is 7. The number of hydrogen-bond donors (Lipinski definition) is 2. The summed E-state index contributed by atoms with van der Waals surface area (Å²) < 4.78 is 38.5. The van der Waals surface area contributed by atoms with Crippen LogP contribution in [0.1, 0.15) is 18.4 Å². The minimum Gasteiger partial charge on any atom is -0.490 e. The van der Waals surface area contributed by atoms with Crippen LogP contribution in [0.5, 0.6) is 11.5 Å². The van der Waals surface area contributed by atoms with E-state index in [1.165, 1.54) is 6.07 Å². The topological polar surface area (TPSA) is 106 Å². The lowest BCUT2D eigenvalue weighted by molar-refractivity contribution is -0.117. The zero-order valence-electron chi connectivity index (χ0n) is 17.0. The summed E-state index contributed by atoms with van der Waals surface area (Å²) in [5.74, 6) is 1.80. The van der Waals surface area contributed by atoms with Crippen LogP contribution in [-0.4, -0.2) is 51.4 Å². The van der Waals surface area contributed by atoms with Gasteiger partial charge in [0.05, 0.1) is 18.1 Å². The predicted molar refractivity (Wildman–Crippen MR) is 121 cm³/mol. The summed E-state index contributed by atoms with van der Waals surface area (Å²) in [6, 6.07) is 11.1. The highest BCUT2D eigenvalue weighted by molar-refractivity contribution is 7.98. The molecule has 0 radical (unpaired) electrons. The molecule has 0 spiro atoms. The molecule has 0 saturated heterocycles. The van der Waals surface area contributed by atoms with Crippen LogP contribution in [0.25, 0.3) is 0 Å². The van der Waals surface area contributed by atoms with E-state index >= 15 is 0 Å². The van der Waals surface area contributed by atoms with E-state index in [0.717, 1.165) is 6.42 Å². The van der Waals surface area contributed by atoms with Crippen LogP contribution < -0.4 is 19.5 Å². The molecular weight excluding hydrogens is 438 g/mol. The molecular formula is C21H23N3O5S2. The van der Waals surface area contributed by atoms with E-state index in [0.29, 0.717) is 48.1 Å². The van der Waals surface area contributed by atoms with Gasteiger partial charge in [-0.15, -0.1) is 0 Å². The van der Waals surface area contributed by atoms with Gasteiger partial charge in [0.1, 0.15) is 11.9 Å². The number of carbonyl (C=O) groups excluding carboxylic acids is 1. The van der Waals surface area contributed by atoms with Gasteiger partial charge < -0.3 is 14.8 Å². The van der Waals surface area contributed by atoms with E-state index in [4.69, 9.17) is 9.47 Å². The highest BCUT2D eigenvalue weighted by atomic mass is 32.2. The van der Waals surface area contributed by atoms with Crippen LogP contribution in [0.15, 0.2) is 52.4 Å². The van der Waals surface area contributed by atoms with Crippen LogP contribution in [-0.2, 0) is 14.8 Å². The molecule has 2 aliphatic rings. The largest absolute Gasteiger partial charge is 0.490 e. The van der Waals surface area contributed by atoms with Crippen molar-refractivity contribution in [2.24, 2.45) is 4.99 Å². The van der Waals surface area contributed by atoms with Gasteiger partial charge in [-0.3, -0.25) is 14.5 Å². The monoisotopic (exact) mass is 461 g/mol. The third kappa shape index (κ3) is 4.80. The molecule has 0 saturated carbocycles. The molecule has 2 aliphatic heterocycles. The summed E-state index contributed by atoms with van der Waals surface area (Å²) in [7, 11) is -3.67. The van der Waals surface area contributed by atoms with E-state index < -0.39 is 16.1 Å². The molecule has 0 fully saturated rings. The first kappa shape index (κ1) is 21.5. The fourth-order valence-corrected chi connectivity index (χ4v) is 5.03. The second-order valence-corrected chi connectivity index (χ2v) is 9.71. The van der Waals surface area contributed by atoms with Gasteiger partial charge in [-0.25, -0.2) is 8.42 Å². The molecule has 0 bridgehead atoms. The number of rotatable bonds is 6. The smallest absolute Gasteiger partial charge is 0.263 e. The number of thioether (sulfide) groups is 1. The molecule has 2 aromatic carbocycles. The number of nitrogens with zero attached hydrogens (tertiary/aromatic N) is 1. The van der Waals surface area contributed by atoms with Gasteiger partial charge in [-0.05, 0) is 42.7 Å². The molecule has 4 rings (SSSR count). The number of aliphatic imine (C=N–C) groups is 1. The fourth-order valence-electron chi connectivity index (χ4n) is 3.34. The third-order valence-corrected chi connectivity index (χ3v) is 6.90. The average molecular weight is 462 g/mol. The van der Waals surface area contributed by atoms with Gasteiger partial charge >= 0.3 is 0 Å². The Labute approximate surface area is 185 Å². The number of carbonyl (C=O) groups is 1. The maximum absolute atomic E-state index is 13.0. The zero-order chi connectivity index (χ0) is 21.8. The minimum absolute atomic E-state index is 0.167. The van der Waals surface area contributed by atoms with E-state index in [-0.39, 0.29) is 16.6 Å². The average Bonchev–Trinajstić information content (AvgIpc) is 2.89. The molecule has 1 amide bonds. The SMILES string of the molecule is CSCCC(N=C1NS(=O)(=O)c2ccccc21)C(=O)Nc1ccc2c(c1)OCCCO2. The lowest BCUT2D eigenvalue weighted by Gasteiger charge is -2.15. The van der Waals surface area contributed by atoms with Gasteiger partial charge in [0, 0.05) is 23.7 Å². The molecule has 1 unspecified atom stereocenters. The number of amidine groups is 1. The van der Waals surface area contributed by atoms with Crippen LogP contribution in [0.4, 0.5) is 5.69 Å². The summed E-state index contributed by atoms with van der Waals surface area (Å²) >= 11 is 1.59. The van der Waals surface area contributed by atoms with Crippen LogP contribution in [0.2, 0.25) is 0 Å². The first-order valence-electron chi connectivity index (χ1n) is 9.87. The summed E-state index contributed by atoms with van der Waals surface area (Å²) in [6.45, 7) is 1.14. The Morgan fingerprint density at radius 2 is 1.97 bits per heavy atom. The van der Waals surface area contributed by atoms with Gasteiger partial charge in [0.2, 0.25) is 5.91 Å². The number of amides is 1. The summed E-state index contributed by atoms with van der Waals surface area (Å²) in [6.07, 6.45) is 3.20. The maximum atomic E-state index is 13.0. The number of benzene rings is 2. The second-order valence-electron chi connectivity index (χ2n) is 7.08. The van der Waals surface area contributed by atoms with Crippen LogP contribution >= 0.6 is 11.8 Å². The highest BCUT2D eigenvalue weighted by Crippen LogP contribution is 2.32. The Morgan fingerprint density at radius 3 is 2.77 bits per heavy atom. The molecule has 164 valence electrons. The Hall–Kier alpha value is -2.72. The zero-order valence-corrected chi connectivity index (χ0v) is 18.6. The summed E-state index contributed by atoms with van der Waals surface area (Å²) in [5, 5.41) is 2.87. The predicted octanol–water partition coefficient (Wildman–Crippen LogP) is 2.65. The van der Waals surface area contributed by atoms with Crippen molar-refractivity contribution in [1.29, 1.82) is 0 Å². The number of nitrogens with one attached hydrogen (secondary N) is 2. The van der Waals surface area contributed by atoms with E-state index in [1.807, 2.05) is 6.26 Å². The number of ether oxygens (including phenoxy) is 2. The maximum Gasteiger partial charge on any atom is 0.263 e. The number of fused-ring (bicyclic) bond motifs is 2. The molecule has 10 heteroatoms. The van der Waals surface area contributed by atoms with E-state index in [2.05, 4.69) is 15.0 Å². The molecule has 2 N–H and O–H groups in total. The molecule has 31 heavy (non-hydrogen) atoms. The summed E-state index contributed by atoms with van der Waals surface area (Å²) in [5.41, 5.74) is 1.04. The van der Waals surface area contributed by atoms with Crippen molar-refractivity contribution in [2.45, 2.75) is 23.8 Å². The van der Waals surface area contributed by atoms with Gasteiger partial charge in [-0.1, -0.05) is 12.1 Å². The molecule has 0 aliphatic carbocycles. The minimum atomic E-state index is -3.67. The Bertz CT molecular complexity index is 1120. The van der Waals surface area contributed by atoms with Crippen molar-refractivity contribution in [3.63, 3.8) is 0 Å². The lowest BCUT2D eigenvalue weighted by Crippen LogP contribution is -2.31. The van der Waals surface area contributed by atoms with Crippen molar-refractivity contribution in [2.75, 3.05) is 30.5 Å². The van der Waals surface area contributed by atoms with Crippen molar-refractivity contribution in [3.8, 4) is 11.5 Å². The third-order valence-electron chi connectivity index (χ3n) is 4.86. The van der Waals surface area contributed by atoms with Crippen molar-refractivity contribution in [1.82, 2.24) is 4.72 Å². The van der Waals surface area contributed by atoms with Crippen LogP contribution in [0.3, 0.4) is 0 Å². The first-order valence-corrected chi connectivity index (χ1v) is 12.7. The standard InChI is InChI=1S/C21H23N3O5S2/c1-30-12-9-16(23-20-15-5-2-3-6-19(15)31(26,27)24-20)21(25)22-14-7-8-17-18(13-14)29-11-4-10-28-17/h2-3,5-8,13,16H,4,9-12H2,1H3,(H,22,25)(H,23,24). The Balaban J connectivity index is 1.58. The van der Waals surface area contributed by atoms with Crippen molar-refractivity contribution < 1.29 is 22.7 Å². The fraction of sp³-hybridized carbons (Fsp3) is 0.333. The van der Waals surface area contributed by atoms with Crippen molar-refractivity contribution >= 4 is 39.2 Å². The molecule has 2 aromatic rings. The Morgan fingerprint density at radius 1 is 1.19 bits per heavy atom. The number of sulfonamides is 1. The van der Waals surface area contributed by atoms with E-state index in [9.17, 15) is 13.2 Å². The molecule has 2 heterocycles.